The van der Waals surface area contributed by atoms with Crippen molar-refractivity contribution in [2.45, 2.75) is 82.0 Å². The molecule has 0 unspecified atom stereocenters. The molecule has 0 radical (unpaired) electrons. The molecule has 6 N–H and O–H groups in total. The molecular formula is C32H43ClN6O4. The highest BCUT2D eigenvalue weighted by Crippen LogP contribution is 2.44. The summed E-state index contributed by atoms with van der Waals surface area (Å²) in [6, 6.07) is 13.8. The quantitative estimate of drug-likeness (QED) is 0.193. The van der Waals surface area contributed by atoms with Gasteiger partial charge in [-0.2, -0.15) is 0 Å². The van der Waals surface area contributed by atoms with Crippen molar-refractivity contribution in [3.8, 4) is 0 Å². The number of anilines is 2. The van der Waals surface area contributed by atoms with Crippen LogP contribution >= 0.6 is 11.6 Å². The summed E-state index contributed by atoms with van der Waals surface area (Å²) in [6.07, 6.45) is 7.35. The summed E-state index contributed by atoms with van der Waals surface area (Å²) >= 11 is 6.56. The summed E-state index contributed by atoms with van der Waals surface area (Å²) < 4.78 is 0. The Kier molecular flexibility index (Phi) is 10.1. The molecule has 3 amide bonds. The van der Waals surface area contributed by atoms with Crippen LogP contribution in [0.25, 0.3) is 0 Å². The number of rotatable bonds is 15. The molecule has 5 rings (SSSR count). The lowest BCUT2D eigenvalue weighted by atomic mass is 10.1. The van der Waals surface area contributed by atoms with Crippen molar-refractivity contribution >= 4 is 40.9 Å². The number of nitrogens with zero attached hydrogens (tertiary/aromatic N) is 2. The number of para-hydroxylation sites is 2. The Bertz CT molecular complexity index is 1310. The first kappa shape index (κ1) is 31.1. The van der Waals surface area contributed by atoms with Gasteiger partial charge in [-0.05, 0) is 87.1 Å². The van der Waals surface area contributed by atoms with E-state index in [0.717, 1.165) is 49.0 Å². The predicted octanol–water partition coefficient (Wildman–Crippen LogP) is 3.79. The van der Waals surface area contributed by atoms with Crippen LogP contribution in [0.5, 0.6) is 0 Å². The van der Waals surface area contributed by atoms with Crippen molar-refractivity contribution in [3.05, 3.63) is 58.6 Å². The fourth-order valence-corrected chi connectivity index (χ4v) is 5.95. The maximum absolute atomic E-state index is 13.8. The van der Waals surface area contributed by atoms with Crippen LogP contribution in [0.15, 0.2) is 42.5 Å². The van der Waals surface area contributed by atoms with Gasteiger partial charge < -0.3 is 31.3 Å². The van der Waals surface area contributed by atoms with Gasteiger partial charge in [-0.1, -0.05) is 35.9 Å². The minimum atomic E-state index is -1.00. The Morgan fingerprint density at radius 1 is 1.00 bits per heavy atom. The first-order chi connectivity index (χ1) is 20.8. The lowest BCUT2D eigenvalue weighted by molar-refractivity contribution is -0.138. The summed E-state index contributed by atoms with van der Waals surface area (Å²) in [4.78, 5) is 41.0. The number of fused-ring (bicyclic) bond motifs is 1. The van der Waals surface area contributed by atoms with Crippen LogP contribution in [-0.2, 0) is 22.6 Å². The number of nitrogens with two attached hydrogens (primary N) is 1. The number of carbonyl (C=O) groups is 3. The van der Waals surface area contributed by atoms with E-state index < -0.39 is 17.6 Å². The second-order valence-electron chi connectivity index (χ2n) is 12.0. The third-order valence-corrected chi connectivity index (χ3v) is 9.01. The van der Waals surface area contributed by atoms with Crippen molar-refractivity contribution in [3.63, 3.8) is 0 Å². The molecule has 2 saturated carbocycles. The highest BCUT2D eigenvalue weighted by molar-refractivity contribution is 6.31. The molecule has 0 spiro atoms. The number of hydrogen-bond donors (Lipinski definition) is 5. The van der Waals surface area contributed by atoms with E-state index in [9.17, 15) is 14.4 Å². The maximum Gasteiger partial charge on any atom is 0.320 e. The summed E-state index contributed by atoms with van der Waals surface area (Å²) in [7, 11) is 0. The van der Waals surface area contributed by atoms with E-state index in [1.807, 2.05) is 23.1 Å². The fourth-order valence-electron chi connectivity index (χ4n) is 5.76. The second kappa shape index (κ2) is 14.0. The number of carboxylic acids is 1. The normalized spacial score (nSPS) is 17.6. The highest BCUT2D eigenvalue weighted by atomic mass is 35.5. The third-order valence-electron chi connectivity index (χ3n) is 8.64. The molecule has 0 bridgehead atoms. The number of hydrogen-bond acceptors (Lipinski definition) is 6. The molecule has 10 nitrogen and oxygen atoms in total. The van der Waals surface area contributed by atoms with E-state index in [1.165, 1.54) is 18.5 Å². The molecule has 2 aliphatic carbocycles. The first-order valence-electron chi connectivity index (χ1n) is 15.5. The van der Waals surface area contributed by atoms with Gasteiger partial charge in [-0.15, -0.1) is 0 Å². The average Bonchev–Trinajstić information content (AvgIpc) is 3.94. The lowest BCUT2D eigenvalue weighted by Gasteiger charge is -2.39. The zero-order valence-corrected chi connectivity index (χ0v) is 25.4. The van der Waals surface area contributed by atoms with Crippen molar-refractivity contribution in [2.75, 3.05) is 36.0 Å². The molecule has 2 aromatic rings. The van der Waals surface area contributed by atoms with Gasteiger partial charge in [0.15, 0.2) is 0 Å². The van der Waals surface area contributed by atoms with Gasteiger partial charge in [0, 0.05) is 43.8 Å². The van der Waals surface area contributed by atoms with Crippen LogP contribution in [0.2, 0.25) is 5.02 Å². The van der Waals surface area contributed by atoms with E-state index in [2.05, 4.69) is 45.1 Å². The smallest absolute Gasteiger partial charge is 0.320 e. The average molecular weight is 611 g/mol. The van der Waals surface area contributed by atoms with E-state index in [4.69, 9.17) is 22.4 Å². The number of aryl methyl sites for hydroxylation is 1. The summed E-state index contributed by atoms with van der Waals surface area (Å²) in [6.45, 7) is 3.09. The van der Waals surface area contributed by atoms with Gasteiger partial charge in [0.05, 0.1) is 16.9 Å². The van der Waals surface area contributed by atoms with E-state index in [-0.39, 0.29) is 11.9 Å². The SMILES string of the molecule is N[C@H](CCCCNC(=O)NCCCc1ccc(Cl)c(CNC2(C(=O)N3CCN(C4CC4)c4ccccc43)CC2)c1)C(=O)O. The van der Waals surface area contributed by atoms with Crippen molar-refractivity contribution < 1.29 is 19.5 Å². The number of urea groups is 1. The minimum Gasteiger partial charge on any atom is -0.480 e. The number of unbranched alkanes of at least 4 members (excludes halogenated alkanes) is 1. The Morgan fingerprint density at radius 3 is 2.42 bits per heavy atom. The van der Waals surface area contributed by atoms with E-state index in [0.29, 0.717) is 56.5 Å². The second-order valence-corrected chi connectivity index (χ2v) is 12.4. The van der Waals surface area contributed by atoms with Crippen LogP contribution in [-0.4, -0.2) is 66.8 Å². The highest BCUT2D eigenvalue weighted by Gasteiger charge is 2.52. The summed E-state index contributed by atoms with van der Waals surface area (Å²) in [5.41, 5.74) is 9.21. The molecular weight excluding hydrogens is 568 g/mol. The van der Waals surface area contributed by atoms with Gasteiger partial charge in [-0.3, -0.25) is 14.9 Å². The third kappa shape index (κ3) is 7.99. The lowest BCUT2D eigenvalue weighted by Crippen LogP contribution is -2.53. The first-order valence-corrected chi connectivity index (χ1v) is 15.9. The molecule has 11 heteroatoms. The van der Waals surface area contributed by atoms with Crippen molar-refractivity contribution in [2.24, 2.45) is 5.73 Å². The van der Waals surface area contributed by atoms with Crippen LogP contribution in [0.1, 0.15) is 62.5 Å². The number of aliphatic carboxylic acids is 1. The largest absolute Gasteiger partial charge is 0.480 e. The Labute approximate surface area is 258 Å². The molecule has 0 saturated heterocycles. The minimum absolute atomic E-state index is 0.149. The zero-order valence-electron chi connectivity index (χ0n) is 24.6. The topological polar surface area (TPSA) is 140 Å². The van der Waals surface area contributed by atoms with Crippen LogP contribution in [0, 0.1) is 0 Å². The number of carbonyl (C=O) groups excluding carboxylic acids is 2. The molecule has 232 valence electrons. The molecule has 1 heterocycles. The number of halogens is 1. The number of nitrogens with one attached hydrogen (secondary N) is 3. The molecule has 2 fully saturated rings. The predicted molar refractivity (Wildman–Crippen MR) is 169 cm³/mol. The van der Waals surface area contributed by atoms with Gasteiger partial charge in [0.2, 0.25) is 5.91 Å². The Hall–Kier alpha value is -3.34. The molecule has 2 aromatic carbocycles. The molecule has 43 heavy (non-hydrogen) atoms. The van der Waals surface area contributed by atoms with Gasteiger partial charge in [-0.25, -0.2) is 4.79 Å². The number of carboxylic acid groups (broad SMARTS) is 1. The summed E-state index contributed by atoms with van der Waals surface area (Å²) in [5.74, 6) is -0.855. The fraction of sp³-hybridized carbons (Fsp3) is 0.531. The molecule has 3 aliphatic rings. The summed E-state index contributed by atoms with van der Waals surface area (Å²) in [5, 5.41) is 18.7. The number of amides is 3. The van der Waals surface area contributed by atoms with Crippen LogP contribution < -0.4 is 31.5 Å². The zero-order chi connectivity index (χ0) is 30.4. The Morgan fingerprint density at radius 2 is 1.72 bits per heavy atom. The molecule has 0 aromatic heterocycles. The number of benzene rings is 2. The van der Waals surface area contributed by atoms with Crippen LogP contribution in [0.4, 0.5) is 16.2 Å². The van der Waals surface area contributed by atoms with E-state index >= 15 is 0 Å². The standard InChI is InChI=1S/C32H43ClN6O4/c33-25-13-10-22(6-5-17-36-31(43)35-16-4-3-7-26(34)29(40)41)20-23(25)21-37-32(14-15-32)30(42)39-19-18-38(24-11-12-24)27-8-1-2-9-28(27)39/h1-2,8-10,13,20,24,26,37H,3-7,11-12,14-19,21,34H2,(H,40,41)(H2,35,36,43)/t26-/m1/s1. The molecule has 1 atom stereocenters. The van der Waals surface area contributed by atoms with Crippen LogP contribution in [0.3, 0.4) is 0 Å². The monoisotopic (exact) mass is 610 g/mol. The van der Waals surface area contributed by atoms with Gasteiger partial charge in [0.25, 0.3) is 0 Å². The van der Waals surface area contributed by atoms with Crippen molar-refractivity contribution in [1.82, 2.24) is 16.0 Å². The molecule has 1 aliphatic heterocycles. The Balaban J connectivity index is 1.06. The van der Waals surface area contributed by atoms with Crippen molar-refractivity contribution in [1.29, 1.82) is 0 Å². The maximum atomic E-state index is 13.8. The van der Waals surface area contributed by atoms with Gasteiger partial charge in [0.1, 0.15) is 6.04 Å². The van der Waals surface area contributed by atoms with E-state index in [1.54, 1.807) is 0 Å². The van der Waals surface area contributed by atoms with Gasteiger partial charge >= 0.3 is 12.0 Å².